The van der Waals surface area contributed by atoms with Crippen molar-refractivity contribution in [3.63, 3.8) is 0 Å². The van der Waals surface area contributed by atoms with Crippen molar-refractivity contribution in [2.75, 3.05) is 13.3 Å². The molecular formula is C19H24N4O2S. The molecule has 0 radical (unpaired) electrons. The Morgan fingerprint density at radius 1 is 1.19 bits per heavy atom. The van der Waals surface area contributed by atoms with Gasteiger partial charge in [-0.2, -0.15) is 0 Å². The van der Waals surface area contributed by atoms with Gasteiger partial charge in [-0.05, 0) is 30.9 Å². The van der Waals surface area contributed by atoms with Crippen LogP contribution in [0.1, 0.15) is 57.6 Å². The maximum absolute atomic E-state index is 12.7. The molecule has 2 amide bonds. The third kappa shape index (κ3) is 4.60. The third-order valence-corrected chi connectivity index (χ3v) is 4.56. The summed E-state index contributed by atoms with van der Waals surface area (Å²) < 4.78 is 0. The van der Waals surface area contributed by atoms with Crippen LogP contribution in [0, 0.1) is 6.92 Å². The van der Waals surface area contributed by atoms with Gasteiger partial charge < -0.3 is 10.6 Å². The summed E-state index contributed by atoms with van der Waals surface area (Å²) in [6.07, 6.45) is 1.90. The van der Waals surface area contributed by atoms with Gasteiger partial charge in [0.1, 0.15) is 10.9 Å². The number of rotatable bonds is 6. The van der Waals surface area contributed by atoms with Crippen LogP contribution in [0.4, 0.5) is 0 Å². The summed E-state index contributed by atoms with van der Waals surface area (Å²) in [5.41, 5.74) is 2.58. The van der Waals surface area contributed by atoms with Crippen molar-refractivity contribution in [1.82, 2.24) is 20.6 Å². The fraction of sp³-hybridized carbons (Fsp3) is 0.368. The highest BCUT2D eigenvalue weighted by Gasteiger charge is 2.19. The van der Waals surface area contributed by atoms with Crippen LogP contribution in [0.15, 0.2) is 29.3 Å². The predicted octanol–water partition coefficient (Wildman–Crippen LogP) is 2.92. The SMILES string of the molecule is CNC(=O)c1cccc(CNC(=O)c2c(C)nc(C(C)C)nc2SC)c1. The molecule has 0 unspecified atom stereocenters. The molecule has 1 aromatic carbocycles. The Balaban J connectivity index is 2.19. The minimum Gasteiger partial charge on any atom is -0.355 e. The van der Waals surface area contributed by atoms with Gasteiger partial charge in [0.25, 0.3) is 11.8 Å². The van der Waals surface area contributed by atoms with Crippen molar-refractivity contribution in [2.24, 2.45) is 0 Å². The van der Waals surface area contributed by atoms with Crippen molar-refractivity contribution < 1.29 is 9.59 Å². The number of aromatic nitrogens is 2. The van der Waals surface area contributed by atoms with Crippen LogP contribution in [-0.2, 0) is 6.54 Å². The average molecular weight is 372 g/mol. The van der Waals surface area contributed by atoms with Gasteiger partial charge in [0.05, 0.1) is 11.3 Å². The number of nitrogens with zero attached hydrogens (tertiary/aromatic N) is 2. The van der Waals surface area contributed by atoms with E-state index in [9.17, 15) is 9.59 Å². The quantitative estimate of drug-likeness (QED) is 0.602. The van der Waals surface area contributed by atoms with E-state index in [1.165, 1.54) is 11.8 Å². The van der Waals surface area contributed by atoms with E-state index < -0.39 is 0 Å². The first-order chi connectivity index (χ1) is 12.4. The molecule has 0 aliphatic rings. The molecule has 0 bridgehead atoms. The van der Waals surface area contributed by atoms with Gasteiger partial charge in [0.15, 0.2) is 0 Å². The average Bonchev–Trinajstić information content (AvgIpc) is 2.64. The number of thioether (sulfide) groups is 1. The lowest BCUT2D eigenvalue weighted by Crippen LogP contribution is -2.26. The fourth-order valence-electron chi connectivity index (χ4n) is 2.47. The van der Waals surface area contributed by atoms with Crippen molar-refractivity contribution in [3.8, 4) is 0 Å². The Morgan fingerprint density at radius 2 is 1.92 bits per heavy atom. The monoisotopic (exact) mass is 372 g/mol. The molecule has 0 saturated heterocycles. The molecule has 1 aromatic heterocycles. The summed E-state index contributed by atoms with van der Waals surface area (Å²) in [6.45, 7) is 6.20. The van der Waals surface area contributed by atoms with E-state index in [1.807, 2.05) is 33.1 Å². The Bertz CT molecular complexity index is 821. The van der Waals surface area contributed by atoms with Gasteiger partial charge in [-0.1, -0.05) is 26.0 Å². The normalized spacial score (nSPS) is 10.7. The molecule has 2 aromatic rings. The van der Waals surface area contributed by atoms with E-state index in [0.29, 0.717) is 28.4 Å². The number of aryl methyl sites for hydroxylation is 1. The van der Waals surface area contributed by atoms with E-state index >= 15 is 0 Å². The largest absolute Gasteiger partial charge is 0.355 e. The van der Waals surface area contributed by atoms with E-state index in [0.717, 1.165) is 11.4 Å². The van der Waals surface area contributed by atoms with E-state index in [4.69, 9.17) is 0 Å². The second kappa shape index (κ2) is 8.80. The van der Waals surface area contributed by atoms with Crippen LogP contribution in [0.2, 0.25) is 0 Å². The van der Waals surface area contributed by atoms with Crippen LogP contribution in [0.25, 0.3) is 0 Å². The Labute approximate surface area is 158 Å². The highest BCUT2D eigenvalue weighted by atomic mass is 32.2. The zero-order chi connectivity index (χ0) is 19.3. The smallest absolute Gasteiger partial charge is 0.256 e. The summed E-state index contributed by atoms with van der Waals surface area (Å²) in [6, 6.07) is 7.16. The standard InChI is InChI=1S/C19H24N4O2S/c1-11(2)16-22-12(3)15(19(23-16)26-5)18(25)21-10-13-7-6-8-14(9-13)17(24)20-4/h6-9,11H,10H2,1-5H3,(H,20,24)(H,21,25). The molecule has 26 heavy (non-hydrogen) atoms. The number of benzene rings is 1. The van der Waals surface area contributed by atoms with E-state index in [1.54, 1.807) is 25.2 Å². The Morgan fingerprint density at radius 3 is 2.54 bits per heavy atom. The maximum atomic E-state index is 12.7. The summed E-state index contributed by atoms with van der Waals surface area (Å²) >= 11 is 1.44. The zero-order valence-electron chi connectivity index (χ0n) is 15.7. The lowest BCUT2D eigenvalue weighted by Gasteiger charge is -2.13. The molecule has 0 aliphatic carbocycles. The highest BCUT2D eigenvalue weighted by Crippen LogP contribution is 2.23. The van der Waals surface area contributed by atoms with Crippen LogP contribution < -0.4 is 10.6 Å². The molecular weight excluding hydrogens is 348 g/mol. The number of carbonyl (C=O) groups excluding carboxylic acids is 2. The fourth-order valence-corrected chi connectivity index (χ4v) is 3.10. The first-order valence-electron chi connectivity index (χ1n) is 8.39. The molecule has 6 nitrogen and oxygen atoms in total. The lowest BCUT2D eigenvalue weighted by molar-refractivity contribution is 0.0944. The molecule has 0 spiro atoms. The number of amides is 2. The molecule has 0 saturated carbocycles. The molecule has 0 fully saturated rings. The van der Waals surface area contributed by atoms with Crippen LogP contribution in [0.5, 0.6) is 0 Å². The number of hydrogen-bond donors (Lipinski definition) is 2. The summed E-state index contributed by atoms with van der Waals surface area (Å²) in [7, 11) is 1.59. The topological polar surface area (TPSA) is 84.0 Å². The molecule has 0 atom stereocenters. The third-order valence-electron chi connectivity index (χ3n) is 3.88. The van der Waals surface area contributed by atoms with Crippen LogP contribution >= 0.6 is 11.8 Å². The van der Waals surface area contributed by atoms with Crippen molar-refractivity contribution >= 4 is 23.6 Å². The number of hydrogen-bond acceptors (Lipinski definition) is 5. The highest BCUT2D eigenvalue weighted by molar-refractivity contribution is 7.98. The first-order valence-corrected chi connectivity index (χ1v) is 9.61. The van der Waals surface area contributed by atoms with Crippen molar-refractivity contribution in [3.05, 3.63) is 52.5 Å². The molecule has 2 N–H and O–H groups in total. The van der Waals surface area contributed by atoms with Crippen LogP contribution in [0.3, 0.4) is 0 Å². The predicted molar refractivity (Wildman–Crippen MR) is 104 cm³/mol. The number of carbonyl (C=O) groups is 2. The van der Waals surface area contributed by atoms with Crippen molar-refractivity contribution in [1.29, 1.82) is 0 Å². The van der Waals surface area contributed by atoms with E-state index in [2.05, 4.69) is 20.6 Å². The maximum Gasteiger partial charge on any atom is 0.256 e. The summed E-state index contributed by atoms with van der Waals surface area (Å²) in [5, 5.41) is 6.17. The second-order valence-corrected chi connectivity index (χ2v) is 6.96. The molecule has 7 heteroatoms. The van der Waals surface area contributed by atoms with Crippen molar-refractivity contribution in [2.45, 2.75) is 38.3 Å². The van der Waals surface area contributed by atoms with Gasteiger partial charge in [0.2, 0.25) is 0 Å². The van der Waals surface area contributed by atoms with Gasteiger partial charge in [0, 0.05) is 25.1 Å². The van der Waals surface area contributed by atoms with Gasteiger partial charge in [-0.3, -0.25) is 9.59 Å². The first kappa shape index (κ1) is 19.9. The van der Waals surface area contributed by atoms with Gasteiger partial charge in [-0.15, -0.1) is 11.8 Å². The molecule has 0 aliphatic heterocycles. The summed E-state index contributed by atoms with van der Waals surface area (Å²) in [4.78, 5) is 33.4. The van der Waals surface area contributed by atoms with Gasteiger partial charge >= 0.3 is 0 Å². The zero-order valence-corrected chi connectivity index (χ0v) is 16.5. The molecule has 2 rings (SSSR count). The number of nitrogens with one attached hydrogen (secondary N) is 2. The molecule has 138 valence electrons. The van der Waals surface area contributed by atoms with Gasteiger partial charge in [-0.25, -0.2) is 9.97 Å². The second-order valence-electron chi connectivity index (χ2n) is 6.17. The minimum absolute atomic E-state index is 0.156. The minimum atomic E-state index is -0.215. The Kier molecular flexibility index (Phi) is 6.74. The van der Waals surface area contributed by atoms with E-state index in [-0.39, 0.29) is 17.7 Å². The summed E-state index contributed by atoms with van der Waals surface area (Å²) in [5.74, 6) is 0.565. The lowest BCUT2D eigenvalue weighted by atomic mass is 10.1. The molecule has 1 heterocycles. The van der Waals surface area contributed by atoms with Crippen LogP contribution in [-0.4, -0.2) is 35.1 Å². The Hall–Kier alpha value is -2.41.